The Kier molecular flexibility index (Phi) is 3.15. The second-order valence-corrected chi connectivity index (χ2v) is 5.97. The van der Waals surface area contributed by atoms with Crippen LogP contribution in [0.1, 0.15) is 23.7 Å². The minimum Gasteiger partial charge on any atom is -0.437 e. The van der Waals surface area contributed by atoms with Crippen LogP contribution in [0, 0.1) is 13.8 Å². The fourth-order valence-electron chi connectivity index (χ4n) is 2.99. The molecule has 3 heterocycles. The molecule has 1 aromatic carbocycles. The number of aryl methyl sites for hydroxylation is 3. The van der Waals surface area contributed by atoms with Crippen molar-refractivity contribution in [3.63, 3.8) is 0 Å². The zero-order valence-corrected chi connectivity index (χ0v) is 13.6. The van der Waals surface area contributed by atoms with Crippen molar-refractivity contribution in [1.82, 2.24) is 9.97 Å². The molecule has 23 heavy (non-hydrogen) atoms. The monoisotopic (exact) mass is 302 g/mol. The molecule has 3 heteroatoms. The van der Waals surface area contributed by atoms with E-state index < -0.39 is 0 Å². The third kappa shape index (κ3) is 2.20. The SMILES string of the molecule is CCc1ccc2c(n1)oc1c(-c3ccc(C)cn3)c(C)ccc12. The fraction of sp³-hybridized carbons (Fsp3) is 0.200. The summed E-state index contributed by atoms with van der Waals surface area (Å²) in [7, 11) is 0. The van der Waals surface area contributed by atoms with Crippen LogP contribution in [-0.2, 0) is 6.42 Å². The lowest BCUT2D eigenvalue weighted by Gasteiger charge is -2.06. The molecule has 114 valence electrons. The number of nitrogens with zero attached hydrogens (tertiary/aromatic N) is 2. The Balaban J connectivity index is 2.06. The number of hydrogen-bond donors (Lipinski definition) is 0. The van der Waals surface area contributed by atoms with Gasteiger partial charge in [-0.1, -0.05) is 25.1 Å². The number of benzene rings is 1. The van der Waals surface area contributed by atoms with Gasteiger partial charge in [0.25, 0.3) is 0 Å². The lowest BCUT2D eigenvalue weighted by Crippen LogP contribution is -1.88. The van der Waals surface area contributed by atoms with Gasteiger partial charge in [0.15, 0.2) is 0 Å². The number of pyridine rings is 2. The Morgan fingerprint density at radius 1 is 0.957 bits per heavy atom. The molecule has 0 aliphatic carbocycles. The third-order valence-electron chi connectivity index (χ3n) is 4.30. The molecule has 0 amide bonds. The second kappa shape index (κ2) is 5.20. The molecule has 4 rings (SSSR count). The molecule has 3 aromatic heterocycles. The molecular weight excluding hydrogens is 284 g/mol. The van der Waals surface area contributed by atoms with E-state index >= 15 is 0 Å². The highest BCUT2D eigenvalue weighted by molar-refractivity contribution is 6.08. The van der Waals surface area contributed by atoms with E-state index in [4.69, 9.17) is 4.42 Å². The zero-order chi connectivity index (χ0) is 16.0. The standard InChI is InChI=1S/C20H18N2O/c1-4-14-7-9-16-15-8-6-13(3)18(19(15)23-20(16)22-14)17-10-5-12(2)11-21-17/h5-11H,4H2,1-3H3. The van der Waals surface area contributed by atoms with E-state index in [1.54, 1.807) is 0 Å². The molecule has 3 nitrogen and oxygen atoms in total. The maximum Gasteiger partial charge on any atom is 0.227 e. The Bertz CT molecular complexity index is 1010. The van der Waals surface area contributed by atoms with Gasteiger partial charge in [-0.2, -0.15) is 0 Å². The van der Waals surface area contributed by atoms with Crippen molar-refractivity contribution in [2.24, 2.45) is 0 Å². The van der Waals surface area contributed by atoms with E-state index in [1.165, 1.54) is 0 Å². The topological polar surface area (TPSA) is 38.9 Å². The summed E-state index contributed by atoms with van der Waals surface area (Å²) >= 11 is 0. The molecular formula is C20H18N2O. The van der Waals surface area contributed by atoms with Crippen LogP contribution >= 0.6 is 0 Å². The van der Waals surface area contributed by atoms with E-state index in [2.05, 4.69) is 60.2 Å². The molecule has 0 radical (unpaired) electrons. The second-order valence-electron chi connectivity index (χ2n) is 5.97. The lowest BCUT2D eigenvalue weighted by molar-refractivity contribution is 0.652. The largest absolute Gasteiger partial charge is 0.437 e. The first-order valence-electron chi connectivity index (χ1n) is 7.92. The number of fused-ring (bicyclic) bond motifs is 3. The molecule has 4 aromatic rings. The third-order valence-corrected chi connectivity index (χ3v) is 4.30. The van der Waals surface area contributed by atoms with Crippen molar-refractivity contribution in [1.29, 1.82) is 0 Å². The first-order valence-corrected chi connectivity index (χ1v) is 7.92. The van der Waals surface area contributed by atoms with Crippen LogP contribution in [0.15, 0.2) is 47.0 Å². The number of aromatic nitrogens is 2. The molecule has 0 unspecified atom stereocenters. The van der Waals surface area contributed by atoms with Gasteiger partial charge in [-0.3, -0.25) is 4.98 Å². The summed E-state index contributed by atoms with van der Waals surface area (Å²) in [4.78, 5) is 9.21. The normalized spacial score (nSPS) is 11.4. The summed E-state index contributed by atoms with van der Waals surface area (Å²) in [5.41, 5.74) is 6.92. The molecule has 0 spiro atoms. The summed E-state index contributed by atoms with van der Waals surface area (Å²) in [5, 5.41) is 2.16. The Morgan fingerprint density at radius 3 is 2.52 bits per heavy atom. The highest BCUT2D eigenvalue weighted by Crippen LogP contribution is 2.36. The summed E-state index contributed by atoms with van der Waals surface area (Å²) in [5.74, 6) is 0. The minimum absolute atomic E-state index is 0.707. The van der Waals surface area contributed by atoms with Crippen molar-refractivity contribution in [3.05, 3.63) is 59.4 Å². The zero-order valence-electron chi connectivity index (χ0n) is 13.6. The fourth-order valence-corrected chi connectivity index (χ4v) is 2.99. The first kappa shape index (κ1) is 13.9. The van der Waals surface area contributed by atoms with Crippen LogP contribution in [0.25, 0.3) is 33.3 Å². The van der Waals surface area contributed by atoms with Gasteiger partial charge in [0.05, 0.1) is 5.69 Å². The summed E-state index contributed by atoms with van der Waals surface area (Å²) in [6.07, 6.45) is 2.79. The van der Waals surface area contributed by atoms with Crippen molar-refractivity contribution in [3.8, 4) is 11.3 Å². The number of rotatable bonds is 2. The van der Waals surface area contributed by atoms with E-state index in [1.807, 2.05) is 13.1 Å². The first-order chi connectivity index (χ1) is 11.2. The maximum absolute atomic E-state index is 6.14. The Morgan fingerprint density at radius 2 is 1.78 bits per heavy atom. The summed E-state index contributed by atoms with van der Waals surface area (Å²) in [6.45, 7) is 6.23. The van der Waals surface area contributed by atoms with Crippen LogP contribution in [-0.4, -0.2) is 9.97 Å². The van der Waals surface area contributed by atoms with Crippen LogP contribution in [0.3, 0.4) is 0 Å². The van der Waals surface area contributed by atoms with Crippen molar-refractivity contribution >= 4 is 22.1 Å². The van der Waals surface area contributed by atoms with Crippen LogP contribution in [0.4, 0.5) is 0 Å². The maximum atomic E-state index is 6.14. The van der Waals surface area contributed by atoms with Gasteiger partial charge in [0.2, 0.25) is 5.71 Å². The van der Waals surface area contributed by atoms with Crippen LogP contribution in [0.2, 0.25) is 0 Å². The Labute approximate surface area is 135 Å². The van der Waals surface area contributed by atoms with Crippen molar-refractivity contribution in [2.45, 2.75) is 27.2 Å². The minimum atomic E-state index is 0.707. The van der Waals surface area contributed by atoms with Gasteiger partial charge in [0.1, 0.15) is 5.58 Å². The van der Waals surface area contributed by atoms with Gasteiger partial charge in [-0.15, -0.1) is 0 Å². The smallest absolute Gasteiger partial charge is 0.227 e. The van der Waals surface area contributed by atoms with E-state index in [0.29, 0.717) is 5.71 Å². The molecule has 0 aliphatic heterocycles. The van der Waals surface area contributed by atoms with Crippen molar-refractivity contribution in [2.75, 3.05) is 0 Å². The predicted molar refractivity (Wildman–Crippen MR) is 93.6 cm³/mol. The molecule has 0 fully saturated rings. The highest BCUT2D eigenvalue weighted by atomic mass is 16.3. The number of hydrogen-bond acceptors (Lipinski definition) is 3. The predicted octanol–water partition coefficient (Wildman–Crippen LogP) is 5.22. The van der Waals surface area contributed by atoms with Gasteiger partial charge in [-0.05, 0) is 49.6 Å². The molecule has 0 bridgehead atoms. The Hall–Kier alpha value is -2.68. The van der Waals surface area contributed by atoms with Gasteiger partial charge < -0.3 is 4.42 Å². The summed E-state index contributed by atoms with van der Waals surface area (Å²) < 4.78 is 6.14. The van der Waals surface area contributed by atoms with Crippen LogP contribution < -0.4 is 0 Å². The molecule has 0 N–H and O–H groups in total. The molecule has 0 saturated carbocycles. The van der Waals surface area contributed by atoms with E-state index in [0.717, 1.165) is 50.9 Å². The molecule has 0 saturated heterocycles. The molecule has 0 aliphatic rings. The molecule has 0 atom stereocenters. The highest BCUT2D eigenvalue weighted by Gasteiger charge is 2.16. The van der Waals surface area contributed by atoms with Gasteiger partial charge >= 0.3 is 0 Å². The number of furan rings is 1. The average Bonchev–Trinajstić information content (AvgIpc) is 2.93. The van der Waals surface area contributed by atoms with Gasteiger partial charge in [-0.25, -0.2) is 4.98 Å². The average molecular weight is 302 g/mol. The quantitative estimate of drug-likeness (QED) is 0.509. The summed E-state index contributed by atoms with van der Waals surface area (Å²) in [6, 6.07) is 12.5. The van der Waals surface area contributed by atoms with E-state index in [9.17, 15) is 0 Å². The van der Waals surface area contributed by atoms with Crippen LogP contribution in [0.5, 0.6) is 0 Å². The van der Waals surface area contributed by atoms with Gasteiger partial charge in [0, 0.05) is 28.2 Å². The lowest BCUT2D eigenvalue weighted by atomic mass is 10.0. The van der Waals surface area contributed by atoms with Crippen molar-refractivity contribution < 1.29 is 4.42 Å². The van der Waals surface area contributed by atoms with E-state index in [-0.39, 0.29) is 0 Å².